The van der Waals surface area contributed by atoms with Crippen LogP contribution in [0.1, 0.15) is 12.2 Å². The van der Waals surface area contributed by atoms with Crippen molar-refractivity contribution in [2.75, 3.05) is 34.2 Å². The smallest absolute Gasteiger partial charge is 0.247 e. The van der Waals surface area contributed by atoms with Crippen LogP contribution in [0.5, 0.6) is 0 Å². The van der Waals surface area contributed by atoms with Crippen molar-refractivity contribution < 1.29 is 12.8 Å². The van der Waals surface area contributed by atoms with Gasteiger partial charge in [0.15, 0.2) is 4.67 Å². The van der Waals surface area contributed by atoms with Crippen molar-refractivity contribution in [2.45, 2.75) is 23.9 Å². The van der Waals surface area contributed by atoms with Gasteiger partial charge >= 0.3 is 0 Å². The van der Waals surface area contributed by atoms with Crippen LogP contribution in [-0.4, -0.2) is 57.9 Å². The van der Waals surface area contributed by atoms with Crippen molar-refractivity contribution in [3.8, 4) is 0 Å². The third-order valence-electron chi connectivity index (χ3n) is 3.53. The lowest BCUT2D eigenvalue weighted by atomic mass is 10.2. The highest BCUT2D eigenvalue weighted by molar-refractivity contribution is 9.10. The molecule has 1 aliphatic rings. The maximum atomic E-state index is 12.6. The minimum absolute atomic E-state index is 0.210. The molecule has 0 aromatic carbocycles. The first kappa shape index (κ1) is 16.0. The van der Waals surface area contributed by atoms with E-state index in [1.165, 1.54) is 4.31 Å². The highest BCUT2D eigenvalue weighted by Gasteiger charge is 2.35. The first-order chi connectivity index (χ1) is 9.36. The number of sulfonamides is 1. The fraction of sp³-hybridized carbons (Fsp3) is 0.667. The Morgan fingerprint density at radius 2 is 2.25 bits per heavy atom. The molecule has 6 nitrogen and oxygen atoms in total. The van der Waals surface area contributed by atoms with E-state index in [1.54, 1.807) is 13.1 Å². The standard InChI is InChI=1S/C12H20BrN3O3S/c1-14-7-10-6-11(12(13)19-10)20(17,18)16-5-4-9(8-16)15(2)3/h6,9,14H,4-5,7-8H2,1-3H3. The monoisotopic (exact) mass is 365 g/mol. The number of hydrogen-bond acceptors (Lipinski definition) is 5. The molecule has 0 radical (unpaired) electrons. The van der Waals surface area contributed by atoms with Crippen molar-refractivity contribution in [2.24, 2.45) is 0 Å². The summed E-state index contributed by atoms with van der Waals surface area (Å²) in [5, 5.41) is 2.94. The number of hydrogen-bond donors (Lipinski definition) is 1. The molecule has 0 bridgehead atoms. The summed E-state index contributed by atoms with van der Waals surface area (Å²) in [5.41, 5.74) is 0. The molecule has 0 aliphatic carbocycles. The summed E-state index contributed by atoms with van der Waals surface area (Å²) < 4.78 is 32.5. The summed E-state index contributed by atoms with van der Waals surface area (Å²) in [4.78, 5) is 2.27. The Bertz CT molecular complexity index is 571. The number of furan rings is 1. The fourth-order valence-corrected chi connectivity index (χ4v) is 4.78. The van der Waals surface area contributed by atoms with Gasteiger partial charge in [0.1, 0.15) is 10.7 Å². The van der Waals surface area contributed by atoms with Gasteiger partial charge in [0.25, 0.3) is 0 Å². The predicted molar refractivity (Wildman–Crippen MR) is 80.0 cm³/mol. The summed E-state index contributed by atoms with van der Waals surface area (Å²) in [5.74, 6) is 0.598. The maximum absolute atomic E-state index is 12.6. The predicted octanol–water partition coefficient (Wildman–Crippen LogP) is 1.09. The third kappa shape index (κ3) is 3.09. The van der Waals surface area contributed by atoms with Gasteiger partial charge in [-0.15, -0.1) is 0 Å². The summed E-state index contributed by atoms with van der Waals surface area (Å²) in [6, 6.07) is 1.85. The average Bonchev–Trinajstić information content (AvgIpc) is 2.96. The van der Waals surface area contributed by atoms with Gasteiger partial charge in [0.2, 0.25) is 10.0 Å². The van der Waals surface area contributed by atoms with Crippen molar-refractivity contribution >= 4 is 26.0 Å². The zero-order valence-corrected chi connectivity index (χ0v) is 14.3. The molecule has 2 heterocycles. The molecule has 114 valence electrons. The molecule has 0 amide bonds. The van der Waals surface area contributed by atoms with Gasteiger partial charge < -0.3 is 14.6 Å². The van der Waals surface area contributed by atoms with E-state index in [0.29, 0.717) is 25.4 Å². The first-order valence-corrected chi connectivity index (χ1v) is 8.69. The highest BCUT2D eigenvalue weighted by Crippen LogP contribution is 2.31. The summed E-state index contributed by atoms with van der Waals surface area (Å²) in [6.45, 7) is 1.56. The SMILES string of the molecule is CNCc1cc(S(=O)(=O)N2CCC(N(C)C)C2)c(Br)o1. The summed E-state index contributed by atoms with van der Waals surface area (Å²) >= 11 is 3.20. The van der Waals surface area contributed by atoms with Crippen LogP contribution >= 0.6 is 15.9 Å². The van der Waals surface area contributed by atoms with Crippen LogP contribution in [-0.2, 0) is 16.6 Å². The van der Waals surface area contributed by atoms with Gasteiger partial charge in [-0.3, -0.25) is 0 Å². The first-order valence-electron chi connectivity index (χ1n) is 6.45. The third-order valence-corrected chi connectivity index (χ3v) is 6.25. The zero-order chi connectivity index (χ0) is 14.9. The van der Waals surface area contributed by atoms with Gasteiger partial charge in [-0.05, 0) is 43.5 Å². The molecule has 1 atom stereocenters. The van der Waals surface area contributed by atoms with Gasteiger partial charge in [-0.25, -0.2) is 8.42 Å². The molecule has 1 fully saturated rings. The van der Waals surface area contributed by atoms with E-state index in [2.05, 4.69) is 26.1 Å². The molecular weight excluding hydrogens is 346 g/mol. The molecule has 1 aliphatic heterocycles. The van der Waals surface area contributed by atoms with Crippen LogP contribution in [0.25, 0.3) is 0 Å². The quantitative estimate of drug-likeness (QED) is 0.845. The van der Waals surface area contributed by atoms with Crippen molar-refractivity contribution in [3.05, 3.63) is 16.5 Å². The molecule has 0 saturated carbocycles. The van der Waals surface area contributed by atoms with Crippen LogP contribution in [0.3, 0.4) is 0 Å². The Kier molecular flexibility index (Phi) is 4.91. The molecule has 8 heteroatoms. The normalized spacial score (nSPS) is 20.9. The molecule has 1 unspecified atom stereocenters. The number of nitrogens with zero attached hydrogens (tertiary/aromatic N) is 2. The minimum Gasteiger partial charge on any atom is -0.452 e. The van der Waals surface area contributed by atoms with E-state index in [4.69, 9.17) is 4.42 Å². The van der Waals surface area contributed by atoms with E-state index in [1.807, 2.05) is 14.1 Å². The summed E-state index contributed by atoms with van der Waals surface area (Å²) in [6.07, 6.45) is 0.852. The number of likely N-dealkylation sites (N-methyl/N-ethyl adjacent to an activating group) is 1. The van der Waals surface area contributed by atoms with Crippen molar-refractivity contribution in [1.82, 2.24) is 14.5 Å². The van der Waals surface area contributed by atoms with Crippen molar-refractivity contribution in [3.63, 3.8) is 0 Å². The molecule has 0 spiro atoms. The maximum Gasteiger partial charge on any atom is 0.247 e. The van der Waals surface area contributed by atoms with E-state index in [0.717, 1.165) is 6.42 Å². The second-order valence-electron chi connectivity index (χ2n) is 5.15. The van der Waals surface area contributed by atoms with Crippen molar-refractivity contribution in [1.29, 1.82) is 0 Å². The Morgan fingerprint density at radius 1 is 1.55 bits per heavy atom. The van der Waals surface area contributed by atoms with Crippen LogP contribution in [0.4, 0.5) is 0 Å². The van der Waals surface area contributed by atoms with Gasteiger partial charge in [-0.2, -0.15) is 4.31 Å². The molecule has 1 N–H and O–H groups in total. The second-order valence-corrected chi connectivity index (χ2v) is 7.78. The molecule has 2 rings (SSSR count). The summed E-state index contributed by atoms with van der Waals surface area (Å²) in [7, 11) is 2.23. The topological polar surface area (TPSA) is 65.8 Å². The molecule has 1 saturated heterocycles. The van der Waals surface area contributed by atoms with Crippen LogP contribution < -0.4 is 5.32 Å². The minimum atomic E-state index is -3.50. The number of nitrogens with one attached hydrogen (secondary N) is 1. The van der Waals surface area contributed by atoms with E-state index in [9.17, 15) is 8.42 Å². The van der Waals surface area contributed by atoms with E-state index < -0.39 is 10.0 Å². The molecule has 1 aromatic heterocycles. The van der Waals surface area contributed by atoms with Crippen LogP contribution in [0.2, 0.25) is 0 Å². The number of rotatable bonds is 5. The highest BCUT2D eigenvalue weighted by atomic mass is 79.9. The van der Waals surface area contributed by atoms with Gasteiger partial charge in [0.05, 0.1) is 6.54 Å². The molecule has 20 heavy (non-hydrogen) atoms. The Labute approximate surface area is 128 Å². The number of halogens is 1. The van der Waals surface area contributed by atoms with Crippen LogP contribution in [0.15, 0.2) is 20.0 Å². The van der Waals surface area contributed by atoms with Gasteiger partial charge in [-0.1, -0.05) is 0 Å². The fourth-order valence-electron chi connectivity index (χ4n) is 2.32. The lowest BCUT2D eigenvalue weighted by Gasteiger charge is -2.19. The Hall–Kier alpha value is -0.410. The zero-order valence-electron chi connectivity index (χ0n) is 11.9. The lowest BCUT2D eigenvalue weighted by molar-refractivity contribution is 0.302. The van der Waals surface area contributed by atoms with E-state index >= 15 is 0 Å². The average molecular weight is 366 g/mol. The second kappa shape index (κ2) is 6.15. The molecular formula is C12H20BrN3O3S. The largest absolute Gasteiger partial charge is 0.452 e. The van der Waals surface area contributed by atoms with Gasteiger partial charge in [0, 0.05) is 25.2 Å². The van der Waals surface area contributed by atoms with Crippen LogP contribution in [0, 0.1) is 0 Å². The Balaban J connectivity index is 2.23. The Morgan fingerprint density at radius 3 is 2.80 bits per heavy atom. The van der Waals surface area contributed by atoms with E-state index in [-0.39, 0.29) is 15.6 Å². The molecule has 1 aromatic rings. The lowest BCUT2D eigenvalue weighted by Crippen LogP contribution is -2.34.